The summed E-state index contributed by atoms with van der Waals surface area (Å²) in [6.07, 6.45) is 2.23. The second-order valence-electron chi connectivity index (χ2n) is 5.94. The molecule has 0 aromatic heterocycles. The van der Waals surface area contributed by atoms with Crippen LogP contribution in [0.3, 0.4) is 0 Å². The molecule has 1 amide bonds. The molecular formula is C18H16FNO3. The Morgan fingerprint density at radius 2 is 1.87 bits per heavy atom. The number of ether oxygens (including phenoxy) is 2. The van der Waals surface area contributed by atoms with E-state index < -0.39 is 5.41 Å². The van der Waals surface area contributed by atoms with Crippen LogP contribution in [0.1, 0.15) is 24.8 Å². The Morgan fingerprint density at radius 3 is 2.61 bits per heavy atom. The molecule has 118 valence electrons. The van der Waals surface area contributed by atoms with E-state index in [1.54, 1.807) is 36.4 Å². The Labute approximate surface area is 133 Å². The second-order valence-corrected chi connectivity index (χ2v) is 5.94. The van der Waals surface area contributed by atoms with Crippen LogP contribution in [-0.2, 0) is 10.2 Å². The first-order chi connectivity index (χ1) is 11.2. The summed E-state index contributed by atoms with van der Waals surface area (Å²) in [5.41, 5.74) is 0.327. The van der Waals surface area contributed by atoms with Gasteiger partial charge in [0, 0.05) is 17.3 Å². The van der Waals surface area contributed by atoms with E-state index in [2.05, 4.69) is 5.32 Å². The molecule has 1 N–H and O–H groups in total. The van der Waals surface area contributed by atoms with Crippen LogP contribution in [0.25, 0.3) is 0 Å². The number of hydrogen-bond acceptors (Lipinski definition) is 3. The van der Waals surface area contributed by atoms with Crippen LogP contribution in [-0.4, -0.2) is 12.7 Å². The number of carbonyl (C=O) groups is 1. The van der Waals surface area contributed by atoms with Gasteiger partial charge < -0.3 is 14.8 Å². The van der Waals surface area contributed by atoms with Crippen molar-refractivity contribution in [1.82, 2.24) is 0 Å². The average molecular weight is 313 g/mol. The summed E-state index contributed by atoms with van der Waals surface area (Å²) >= 11 is 0. The van der Waals surface area contributed by atoms with E-state index in [1.165, 1.54) is 6.07 Å². The van der Waals surface area contributed by atoms with Crippen molar-refractivity contribution >= 4 is 11.6 Å². The van der Waals surface area contributed by atoms with Crippen LogP contribution >= 0.6 is 0 Å². The molecule has 0 unspecified atom stereocenters. The molecule has 5 heteroatoms. The summed E-state index contributed by atoms with van der Waals surface area (Å²) in [6, 6.07) is 11.8. The van der Waals surface area contributed by atoms with E-state index >= 15 is 0 Å². The van der Waals surface area contributed by atoms with Crippen LogP contribution in [0.15, 0.2) is 42.5 Å². The number of fused-ring (bicyclic) bond motifs is 1. The normalized spacial score (nSPS) is 17.4. The molecule has 2 aromatic rings. The van der Waals surface area contributed by atoms with Gasteiger partial charge in [-0.15, -0.1) is 0 Å². The Bertz CT molecular complexity index is 771. The van der Waals surface area contributed by atoms with Gasteiger partial charge in [-0.1, -0.05) is 24.6 Å². The summed E-state index contributed by atoms with van der Waals surface area (Å²) in [5.74, 6) is 0.771. The van der Waals surface area contributed by atoms with Crippen LogP contribution in [0.5, 0.6) is 11.5 Å². The number of amides is 1. The summed E-state index contributed by atoms with van der Waals surface area (Å²) < 4.78 is 24.7. The molecule has 2 aromatic carbocycles. The van der Waals surface area contributed by atoms with Gasteiger partial charge in [-0.25, -0.2) is 4.39 Å². The molecule has 4 nitrogen and oxygen atoms in total. The Morgan fingerprint density at radius 1 is 1.09 bits per heavy atom. The molecule has 0 saturated heterocycles. The SMILES string of the molecule is O=C(Nc1ccc2c(c1)OCO2)C1(c2ccccc2F)CCC1. The third kappa shape index (κ3) is 2.23. The molecule has 23 heavy (non-hydrogen) atoms. The van der Waals surface area contributed by atoms with E-state index in [9.17, 15) is 9.18 Å². The maximum atomic E-state index is 14.2. The maximum Gasteiger partial charge on any atom is 0.235 e. The molecule has 1 fully saturated rings. The zero-order valence-corrected chi connectivity index (χ0v) is 12.5. The van der Waals surface area contributed by atoms with E-state index in [1.807, 2.05) is 0 Å². The smallest absolute Gasteiger partial charge is 0.235 e. The van der Waals surface area contributed by atoms with Gasteiger partial charge in [-0.3, -0.25) is 4.79 Å². The van der Waals surface area contributed by atoms with E-state index in [0.29, 0.717) is 35.6 Å². The fraction of sp³-hybridized carbons (Fsp3) is 0.278. The highest BCUT2D eigenvalue weighted by Crippen LogP contribution is 2.46. The monoisotopic (exact) mass is 313 g/mol. The maximum absolute atomic E-state index is 14.2. The number of benzene rings is 2. The van der Waals surface area contributed by atoms with Gasteiger partial charge in [-0.05, 0) is 31.0 Å². The lowest BCUT2D eigenvalue weighted by atomic mass is 9.63. The molecule has 1 heterocycles. The molecule has 4 rings (SSSR count). The fourth-order valence-corrected chi connectivity index (χ4v) is 3.22. The zero-order valence-electron chi connectivity index (χ0n) is 12.5. The summed E-state index contributed by atoms with van der Waals surface area (Å²) in [6.45, 7) is 0.186. The molecule has 0 atom stereocenters. The van der Waals surface area contributed by atoms with Crippen LogP contribution in [0, 0.1) is 5.82 Å². The molecule has 0 spiro atoms. The topological polar surface area (TPSA) is 47.6 Å². The predicted molar refractivity (Wildman–Crippen MR) is 83.1 cm³/mol. The van der Waals surface area contributed by atoms with E-state index in [0.717, 1.165) is 6.42 Å². The third-order valence-electron chi connectivity index (χ3n) is 4.66. The highest BCUT2D eigenvalue weighted by atomic mass is 19.1. The number of halogens is 1. The third-order valence-corrected chi connectivity index (χ3v) is 4.66. The number of nitrogens with one attached hydrogen (secondary N) is 1. The number of carbonyl (C=O) groups excluding carboxylic acids is 1. The van der Waals surface area contributed by atoms with Gasteiger partial charge in [0.2, 0.25) is 12.7 Å². The van der Waals surface area contributed by atoms with Crippen LogP contribution in [0.2, 0.25) is 0 Å². The number of hydrogen-bond donors (Lipinski definition) is 1. The fourth-order valence-electron chi connectivity index (χ4n) is 3.22. The zero-order chi connectivity index (χ0) is 15.9. The van der Waals surface area contributed by atoms with Gasteiger partial charge in [0.25, 0.3) is 0 Å². The Kier molecular flexibility index (Phi) is 3.22. The van der Waals surface area contributed by atoms with Crippen molar-refractivity contribution in [3.63, 3.8) is 0 Å². The lowest BCUT2D eigenvalue weighted by Crippen LogP contribution is -2.46. The molecule has 1 aliphatic heterocycles. The largest absolute Gasteiger partial charge is 0.454 e. The second kappa shape index (κ2) is 5.26. The predicted octanol–water partition coefficient (Wildman–Crippen LogP) is 3.61. The van der Waals surface area contributed by atoms with E-state index in [4.69, 9.17) is 9.47 Å². The van der Waals surface area contributed by atoms with Gasteiger partial charge in [0.05, 0.1) is 5.41 Å². The van der Waals surface area contributed by atoms with Crippen molar-refractivity contribution in [2.24, 2.45) is 0 Å². The molecular weight excluding hydrogens is 297 g/mol. The summed E-state index contributed by atoms with van der Waals surface area (Å²) in [7, 11) is 0. The minimum absolute atomic E-state index is 0.173. The van der Waals surface area contributed by atoms with Gasteiger partial charge >= 0.3 is 0 Å². The first-order valence-electron chi connectivity index (χ1n) is 7.65. The minimum atomic E-state index is -0.776. The van der Waals surface area contributed by atoms with Crippen molar-refractivity contribution in [3.8, 4) is 11.5 Å². The van der Waals surface area contributed by atoms with E-state index in [-0.39, 0.29) is 18.5 Å². The van der Waals surface area contributed by atoms with Crippen molar-refractivity contribution < 1.29 is 18.7 Å². The highest BCUT2D eigenvalue weighted by molar-refractivity contribution is 6.00. The van der Waals surface area contributed by atoms with Crippen molar-refractivity contribution in [2.45, 2.75) is 24.7 Å². The molecule has 1 aliphatic carbocycles. The highest BCUT2D eigenvalue weighted by Gasteiger charge is 2.47. The van der Waals surface area contributed by atoms with Gasteiger partial charge in [0.15, 0.2) is 11.5 Å². The summed E-state index contributed by atoms with van der Waals surface area (Å²) in [4.78, 5) is 12.8. The van der Waals surface area contributed by atoms with Gasteiger partial charge in [0.1, 0.15) is 5.82 Å². The lowest BCUT2D eigenvalue weighted by Gasteiger charge is -2.40. The molecule has 0 radical (unpaired) electrons. The first-order valence-corrected chi connectivity index (χ1v) is 7.65. The first kappa shape index (κ1) is 14.1. The standard InChI is InChI=1S/C18H16FNO3/c19-14-5-2-1-4-13(14)18(8-3-9-18)17(21)20-12-6-7-15-16(10-12)23-11-22-15/h1-2,4-7,10H,3,8-9,11H2,(H,20,21). The number of anilines is 1. The van der Waals surface area contributed by atoms with Crippen molar-refractivity contribution in [2.75, 3.05) is 12.1 Å². The summed E-state index contributed by atoms with van der Waals surface area (Å²) in [5, 5.41) is 2.90. The minimum Gasteiger partial charge on any atom is -0.454 e. The van der Waals surface area contributed by atoms with Crippen molar-refractivity contribution in [1.29, 1.82) is 0 Å². The average Bonchev–Trinajstić information content (AvgIpc) is 2.95. The van der Waals surface area contributed by atoms with Crippen LogP contribution < -0.4 is 14.8 Å². The van der Waals surface area contributed by atoms with Crippen molar-refractivity contribution in [3.05, 3.63) is 53.8 Å². The Hall–Kier alpha value is -2.56. The molecule has 1 saturated carbocycles. The Balaban J connectivity index is 1.61. The lowest BCUT2D eigenvalue weighted by molar-refractivity contribution is -0.124. The van der Waals surface area contributed by atoms with Gasteiger partial charge in [-0.2, -0.15) is 0 Å². The molecule has 2 aliphatic rings. The van der Waals surface area contributed by atoms with Crippen LogP contribution in [0.4, 0.5) is 10.1 Å². The number of rotatable bonds is 3. The quantitative estimate of drug-likeness (QED) is 0.941. The molecule has 0 bridgehead atoms.